The van der Waals surface area contributed by atoms with Crippen molar-refractivity contribution >= 4 is 34.3 Å². The van der Waals surface area contributed by atoms with Gasteiger partial charge in [-0.15, -0.1) is 0 Å². The fourth-order valence-electron chi connectivity index (χ4n) is 2.51. The number of aryl methyl sites for hydroxylation is 1. The number of ether oxygens (including phenoxy) is 1. The highest BCUT2D eigenvalue weighted by Gasteiger charge is 2.17. The average molecular weight is 351 g/mol. The summed E-state index contributed by atoms with van der Waals surface area (Å²) in [5.74, 6) is -1.50. The predicted octanol–water partition coefficient (Wildman–Crippen LogP) is 3.56. The minimum atomic E-state index is -1.00. The molecule has 0 atom stereocenters. The van der Waals surface area contributed by atoms with Crippen molar-refractivity contribution in [1.29, 1.82) is 0 Å². The number of hydrogen-bond acceptors (Lipinski definition) is 6. The van der Waals surface area contributed by atoms with Gasteiger partial charge in [0.25, 0.3) is 0 Å². The van der Waals surface area contributed by atoms with Crippen LogP contribution in [0.15, 0.2) is 42.6 Å². The van der Waals surface area contributed by atoms with Crippen LogP contribution >= 0.6 is 0 Å². The second-order valence-corrected chi connectivity index (χ2v) is 5.60. The Kier molecular flexibility index (Phi) is 4.79. The first-order chi connectivity index (χ1) is 12.5. The maximum Gasteiger partial charge on any atom is 0.341 e. The number of benzene rings is 1. The lowest BCUT2D eigenvalue weighted by molar-refractivity contribution is 0.0526. The molecule has 2 N–H and O–H groups in total. The molecule has 132 valence electrons. The number of anilines is 2. The first kappa shape index (κ1) is 17.3. The summed E-state index contributed by atoms with van der Waals surface area (Å²) < 4.78 is 5.11. The number of aromatic nitrogens is 2. The van der Waals surface area contributed by atoms with Gasteiger partial charge in [-0.2, -0.15) is 0 Å². The molecule has 3 aromatic rings. The molecule has 2 heterocycles. The van der Waals surface area contributed by atoms with Gasteiger partial charge in [0.15, 0.2) is 5.65 Å². The number of nitrogens with one attached hydrogen (secondary N) is 1. The molecular weight excluding hydrogens is 334 g/mol. The van der Waals surface area contributed by atoms with Crippen LogP contribution in [0.2, 0.25) is 0 Å². The van der Waals surface area contributed by atoms with Crippen molar-refractivity contribution in [3.8, 4) is 0 Å². The Balaban J connectivity index is 2.09. The fourth-order valence-corrected chi connectivity index (χ4v) is 2.51. The molecule has 0 aliphatic carbocycles. The van der Waals surface area contributed by atoms with Crippen LogP contribution in [-0.2, 0) is 4.74 Å². The van der Waals surface area contributed by atoms with Gasteiger partial charge in [0.05, 0.1) is 17.9 Å². The van der Waals surface area contributed by atoms with Gasteiger partial charge in [-0.25, -0.2) is 19.6 Å². The second kappa shape index (κ2) is 7.18. The number of esters is 1. The maximum atomic E-state index is 12.3. The van der Waals surface area contributed by atoms with Crippen LogP contribution in [0.5, 0.6) is 0 Å². The first-order valence-electron chi connectivity index (χ1n) is 8.03. The molecule has 2 aromatic heterocycles. The van der Waals surface area contributed by atoms with Gasteiger partial charge in [0, 0.05) is 23.0 Å². The lowest BCUT2D eigenvalue weighted by Gasteiger charge is -2.14. The third-order valence-electron chi connectivity index (χ3n) is 3.77. The van der Waals surface area contributed by atoms with Crippen molar-refractivity contribution in [3.63, 3.8) is 0 Å². The Labute approximate surface area is 149 Å². The van der Waals surface area contributed by atoms with Crippen LogP contribution in [0.4, 0.5) is 11.4 Å². The monoisotopic (exact) mass is 351 g/mol. The zero-order valence-electron chi connectivity index (χ0n) is 14.3. The van der Waals surface area contributed by atoms with E-state index < -0.39 is 11.9 Å². The van der Waals surface area contributed by atoms with Crippen molar-refractivity contribution in [1.82, 2.24) is 9.97 Å². The molecule has 7 nitrogen and oxygen atoms in total. The SMILES string of the molecule is CCOC(=O)c1cnc2nc(C)ccc2c1Nc1ccc(C(=O)O)cc1. The molecule has 0 spiro atoms. The second-order valence-electron chi connectivity index (χ2n) is 5.60. The topological polar surface area (TPSA) is 101 Å². The number of rotatable bonds is 5. The third-order valence-corrected chi connectivity index (χ3v) is 3.77. The average Bonchev–Trinajstić information content (AvgIpc) is 2.62. The van der Waals surface area contributed by atoms with E-state index in [9.17, 15) is 9.59 Å². The van der Waals surface area contributed by atoms with E-state index in [4.69, 9.17) is 9.84 Å². The minimum Gasteiger partial charge on any atom is -0.478 e. The number of carbonyl (C=O) groups is 2. The Morgan fingerprint density at radius 2 is 1.88 bits per heavy atom. The smallest absolute Gasteiger partial charge is 0.341 e. The number of carboxylic acid groups (broad SMARTS) is 1. The summed E-state index contributed by atoms with van der Waals surface area (Å²) in [6.07, 6.45) is 1.43. The minimum absolute atomic E-state index is 0.179. The van der Waals surface area contributed by atoms with Gasteiger partial charge in [-0.05, 0) is 50.2 Å². The summed E-state index contributed by atoms with van der Waals surface area (Å²) in [7, 11) is 0. The van der Waals surface area contributed by atoms with E-state index >= 15 is 0 Å². The van der Waals surface area contributed by atoms with Gasteiger partial charge in [0.1, 0.15) is 5.56 Å². The number of nitrogens with zero attached hydrogens (tertiary/aromatic N) is 2. The summed E-state index contributed by atoms with van der Waals surface area (Å²) in [4.78, 5) is 31.9. The summed E-state index contributed by atoms with van der Waals surface area (Å²) >= 11 is 0. The van der Waals surface area contributed by atoms with Crippen LogP contribution in [0.25, 0.3) is 11.0 Å². The standard InChI is InChI=1S/C19H17N3O4/c1-3-26-19(25)15-10-20-17-14(9-4-11(2)21-17)16(15)22-13-7-5-12(6-8-13)18(23)24/h4-10H,3H2,1-2H3,(H,23,24)(H,20,21,22). The maximum absolute atomic E-state index is 12.3. The molecule has 0 unspecified atom stereocenters. The third kappa shape index (κ3) is 3.46. The van der Waals surface area contributed by atoms with Gasteiger partial charge in [-0.1, -0.05) is 0 Å². The van der Waals surface area contributed by atoms with E-state index in [1.807, 2.05) is 19.1 Å². The van der Waals surface area contributed by atoms with Crippen molar-refractivity contribution < 1.29 is 19.4 Å². The number of pyridine rings is 2. The van der Waals surface area contributed by atoms with E-state index in [1.54, 1.807) is 19.1 Å². The highest BCUT2D eigenvalue weighted by molar-refractivity contribution is 6.05. The van der Waals surface area contributed by atoms with E-state index in [0.717, 1.165) is 5.69 Å². The van der Waals surface area contributed by atoms with Crippen LogP contribution in [-0.4, -0.2) is 33.6 Å². The zero-order chi connectivity index (χ0) is 18.7. The van der Waals surface area contributed by atoms with E-state index in [1.165, 1.54) is 18.3 Å². The molecule has 0 saturated carbocycles. The number of aromatic carboxylic acids is 1. The van der Waals surface area contributed by atoms with E-state index in [0.29, 0.717) is 22.4 Å². The molecule has 3 rings (SSSR count). The van der Waals surface area contributed by atoms with Crippen molar-refractivity contribution in [2.24, 2.45) is 0 Å². The Morgan fingerprint density at radius 1 is 1.15 bits per heavy atom. The fraction of sp³-hybridized carbons (Fsp3) is 0.158. The summed E-state index contributed by atoms with van der Waals surface area (Å²) in [5.41, 5.74) is 2.93. The normalized spacial score (nSPS) is 10.5. The number of carboxylic acids is 1. The molecule has 0 amide bonds. The molecule has 0 aliphatic rings. The van der Waals surface area contributed by atoms with E-state index in [2.05, 4.69) is 15.3 Å². The molecule has 0 fully saturated rings. The lowest BCUT2D eigenvalue weighted by atomic mass is 10.1. The number of fused-ring (bicyclic) bond motifs is 1. The number of hydrogen-bond donors (Lipinski definition) is 2. The predicted molar refractivity (Wildman–Crippen MR) is 96.9 cm³/mol. The van der Waals surface area contributed by atoms with E-state index in [-0.39, 0.29) is 17.7 Å². The lowest BCUT2D eigenvalue weighted by Crippen LogP contribution is -2.09. The first-order valence-corrected chi connectivity index (χ1v) is 8.03. The quantitative estimate of drug-likeness (QED) is 0.678. The van der Waals surface area contributed by atoms with Crippen molar-refractivity contribution in [2.75, 3.05) is 11.9 Å². The summed E-state index contributed by atoms with van der Waals surface area (Å²) in [6.45, 7) is 3.84. The van der Waals surface area contributed by atoms with Crippen LogP contribution < -0.4 is 5.32 Å². The molecule has 26 heavy (non-hydrogen) atoms. The Bertz CT molecular complexity index is 984. The van der Waals surface area contributed by atoms with Crippen LogP contribution in [0.1, 0.15) is 33.3 Å². The van der Waals surface area contributed by atoms with Gasteiger partial charge in [0.2, 0.25) is 0 Å². The van der Waals surface area contributed by atoms with Crippen molar-refractivity contribution in [2.45, 2.75) is 13.8 Å². The summed E-state index contributed by atoms with van der Waals surface area (Å²) in [5, 5.41) is 12.8. The molecule has 1 aromatic carbocycles. The van der Waals surface area contributed by atoms with Gasteiger partial charge < -0.3 is 15.2 Å². The van der Waals surface area contributed by atoms with Crippen LogP contribution in [0, 0.1) is 6.92 Å². The van der Waals surface area contributed by atoms with Gasteiger partial charge >= 0.3 is 11.9 Å². The highest BCUT2D eigenvalue weighted by Crippen LogP contribution is 2.29. The van der Waals surface area contributed by atoms with Crippen LogP contribution in [0.3, 0.4) is 0 Å². The van der Waals surface area contributed by atoms with Crippen molar-refractivity contribution in [3.05, 3.63) is 59.4 Å². The molecule has 0 aliphatic heterocycles. The molecule has 0 bridgehead atoms. The molecule has 7 heteroatoms. The molecular formula is C19H17N3O4. The Hall–Kier alpha value is -3.48. The molecule has 0 radical (unpaired) electrons. The number of carbonyl (C=O) groups excluding carboxylic acids is 1. The molecule has 0 saturated heterocycles. The largest absolute Gasteiger partial charge is 0.478 e. The Morgan fingerprint density at radius 3 is 2.54 bits per heavy atom. The van der Waals surface area contributed by atoms with Gasteiger partial charge in [-0.3, -0.25) is 0 Å². The highest BCUT2D eigenvalue weighted by atomic mass is 16.5. The zero-order valence-corrected chi connectivity index (χ0v) is 14.3. The summed E-state index contributed by atoms with van der Waals surface area (Å²) in [6, 6.07) is 9.90.